The Morgan fingerprint density at radius 3 is 2.85 bits per heavy atom. The summed E-state index contributed by atoms with van der Waals surface area (Å²) in [5.74, 6) is 5.96. The fraction of sp³-hybridized carbons (Fsp3) is 0.294. The number of benzene rings is 2. The lowest BCUT2D eigenvalue weighted by Gasteiger charge is -2.36. The van der Waals surface area contributed by atoms with E-state index >= 15 is 0 Å². The van der Waals surface area contributed by atoms with Crippen LogP contribution >= 0.6 is 0 Å². The van der Waals surface area contributed by atoms with Crippen molar-refractivity contribution < 1.29 is 4.39 Å². The van der Waals surface area contributed by atoms with Crippen molar-refractivity contribution in [3.63, 3.8) is 0 Å². The highest BCUT2D eigenvalue weighted by atomic mass is 19.1. The summed E-state index contributed by atoms with van der Waals surface area (Å²) in [6.45, 7) is 2.01. The number of nitrogens with two attached hydrogens (primary N) is 1. The molecule has 0 aromatic heterocycles. The first kappa shape index (κ1) is 13.3. The molecule has 104 valence electrons. The molecule has 0 radical (unpaired) electrons. The van der Waals surface area contributed by atoms with E-state index in [1.807, 2.05) is 13.0 Å². The van der Waals surface area contributed by atoms with E-state index in [0.29, 0.717) is 5.92 Å². The number of fused-ring (bicyclic) bond motifs is 1. The fourth-order valence-corrected chi connectivity index (χ4v) is 3.07. The lowest BCUT2D eigenvalue weighted by Crippen LogP contribution is -2.45. The lowest BCUT2D eigenvalue weighted by molar-refractivity contribution is 0.403. The van der Waals surface area contributed by atoms with Crippen molar-refractivity contribution in [2.45, 2.75) is 31.7 Å². The molecule has 0 bridgehead atoms. The van der Waals surface area contributed by atoms with E-state index in [9.17, 15) is 4.39 Å². The van der Waals surface area contributed by atoms with Crippen molar-refractivity contribution in [2.75, 3.05) is 0 Å². The highest BCUT2D eigenvalue weighted by molar-refractivity contribution is 5.42. The van der Waals surface area contributed by atoms with Crippen LogP contribution in [0.25, 0.3) is 0 Å². The third-order valence-corrected chi connectivity index (χ3v) is 4.35. The molecule has 2 unspecified atom stereocenters. The molecule has 2 nitrogen and oxygen atoms in total. The molecule has 2 atom stereocenters. The SMILES string of the molecule is Cc1ccc(F)cc1CC(NN)C1Cc2ccccc21. The summed E-state index contributed by atoms with van der Waals surface area (Å²) in [6, 6.07) is 13.5. The quantitative estimate of drug-likeness (QED) is 0.662. The van der Waals surface area contributed by atoms with Crippen molar-refractivity contribution >= 4 is 0 Å². The molecule has 1 aliphatic rings. The molecule has 0 saturated heterocycles. The van der Waals surface area contributed by atoms with Gasteiger partial charge in [0.05, 0.1) is 0 Å². The van der Waals surface area contributed by atoms with Crippen LogP contribution in [0.4, 0.5) is 4.39 Å². The van der Waals surface area contributed by atoms with Crippen LogP contribution in [0, 0.1) is 12.7 Å². The van der Waals surface area contributed by atoms with Crippen LogP contribution in [0.15, 0.2) is 42.5 Å². The molecule has 3 rings (SSSR count). The van der Waals surface area contributed by atoms with Crippen LogP contribution in [-0.2, 0) is 12.8 Å². The Labute approximate surface area is 118 Å². The number of rotatable bonds is 4. The minimum absolute atomic E-state index is 0.144. The standard InChI is InChI=1S/C17H19FN2/c1-11-6-7-14(18)8-13(11)10-17(20-19)16-9-12-4-2-3-5-15(12)16/h2-8,16-17,20H,9-10,19H2,1H3. The van der Waals surface area contributed by atoms with Crippen LogP contribution in [0.2, 0.25) is 0 Å². The van der Waals surface area contributed by atoms with E-state index in [2.05, 4.69) is 29.7 Å². The zero-order valence-corrected chi connectivity index (χ0v) is 11.6. The first-order chi connectivity index (χ1) is 9.69. The van der Waals surface area contributed by atoms with Gasteiger partial charge < -0.3 is 0 Å². The van der Waals surface area contributed by atoms with E-state index < -0.39 is 0 Å². The third-order valence-electron chi connectivity index (χ3n) is 4.35. The summed E-state index contributed by atoms with van der Waals surface area (Å²) >= 11 is 0. The lowest BCUT2D eigenvalue weighted by atomic mass is 9.72. The first-order valence-corrected chi connectivity index (χ1v) is 6.98. The average molecular weight is 270 g/mol. The Morgan fingerprint density at radius 2 is 2.10 bits per heavy atom. The van der Waals surface area contributed by atoms with Crippen molar-refractivity contribution in [3.8, 4) is 0 Å². The smallest absolute Gasteiger partial charge is 0.123 e. The van der Waals surface area contributed by atoms with Crippen molar-refractivity contribution in [2.24, 2.45) is 5.84 Å². The Kier molecular flexibility index (Phi) is 3.55. The number of hydrogen-bond acceptors (Lipinski definition) is 2. The highest BCUT2D eigenvalue weighted by Gasteiger charge is 2.32. The molecule has 0 saturated carbocycles. The summed E-state index contributed by atoms with van der Waals surface area (Å²) < 4.78 is 13.4. The van der Waals surface area contributed by atoms with E-state index in [1.54, 1.807) is 6.07 Å². The number of halogens is 1. The maximum absolute atomic E-state index is 13.4. The van der Waals surface area contributed by atoms with Gasteiger partial charge in [-0.2, -0.15) is 0 Å². The molecule has 0 aliphatic heterocycles. The van der Waals surface area contributed by atoms with Gasteiger partial charge in [-0.15, -0.1) is 0 Å². The number of nitrogens with one attached hydrogen (secondary N) is 1. The molecule has 3 heteroatoms. The first-order valence-electron chi connectivity index (χ1n) is 6.98. The van der Waals surface area contributed by atoms with Gasteiger partial charge in [0.15, 0.2) is 0 Å². The van der Waals surface area contributed by atoms with E-state index in [4.69, 9.17) is 5.84 Å². The Hall–Kier alpha value is -1.71. The normalized spacial score (nSPS) is 18.2. The topological polar surface area (TPSA) is 38.0 Å². The van der Waals surface area contributed by atoms with Gasteiger partial charge in [0.2, 0.25) is 0 Å². The summed E-state index contributed by atoms with van der Waals surface area (Å²) in [6.07, 6.45) is 1.79. The Bertz CT molecular complexity index is 624. The summed E-state index contributed by atoms with van der Waals surface area (Å²) in [5, 5.41) is 0. The molecule has 0 amide bonds. The highest BCUT2D eigenvalue weighted by Crippen LogP contribution is 2.38. The molecule has 0 spiro atoms. The van der Waals surface area contributed by atoms with Crippen molar-refractivity contribution in [1.29, 1.82) is 0 Å². The van der Waals surface area contributed by atoms with Gasteiger partial charge in [0, 0.05) is 12.0 Å². The van der Waals surface area contributed by atoms with Crippen LogP contribution in [0.3, 0.4) is 0 Å². The summed E-state index contributed by atoms with van der Waals surface area (Å²) in [5.41, 5.74) is 7.82. The van der Waals surface area contributed by atoms with Gasteiger partial charge in [0.25, 0.3) is 0 Å². The van der Waals surface area contributed by atoms with E-state index in [1.165, 1.54) is 17.2 Å². The second-order valence-corrected chi connectivity index (χ2v) is 5.56. The minimum atomic E-state index is -0.185. The maximum atomic E-state index is 13.4. The Morgan fingerprint density at radius 1 is 1.30 bits per heavy atom. The maximum Gasteiger partial charge on any atom is 0.123 e. The molecular formula is C17H19FN2. The molecule has 20 heavy (non-hydrogen) atoms. The molecule has 1 aliphatic carbocycles. The van der Waals surface area contributed by atoms with E-state index in [-0.39, 0.29) is 11.9 Å². The van der Waals surface area contributed by atoms with Crippen molar-refractivity contribution in [3.05, 3.63) is 70.5 Å². The second-order valence-electron chi connectivity index (χ2n) is 5.56. The number of hydrogen-bond donors (Lipinski definition) is 2. The van der Waals surface area contributed by atoms with E-state index in [0.717, 1.165) is 24.0 Å². The van der Waals surface area contributed by atoms with Gasteiger partial charge >= 0.3 is 0 Å². The van der Waals surface area contributed by atoms with Crippen LogP contribution < -0.4 is 11.3 Å². The largest absolute Gasteiger partial charge is 0.271 e. The summed E-state index contributed by atoms with van der Waals surface area (Å²) in [7, 11) is 0. The number of aryl methyl sites for hydroxylation is 1. The monoisotopic (exact) mass is 270 g/mol. The minimum Gasteiger partial charge on any atom is -0.271 e. The summed E-state index contributed by atoms with van der Waals surface area (Å²) in [4.78, 5) is 0. The Balaban J connectivity index is 1.81. The average Bonchev–Trinajstić information content (AvgIpc) is 2.43. The second kappa shape index (κ2) is 5.35. The van der Waals surface area contributed by atoms with Crippen molar-refractivity contribution in [1.82, 2.24) is 5.43 Å². The molecular weight excluding hydrogens is 251 g/mol. The predicted octanol–water partition coefficient (Wildman–Crippen LogP) is 2.85. The number of hydrazine groups is 1. The van der Waals surface area contributed by atoms with Gasteiger partial charge in [-0.05, 0) is 54.2 Å². The van der Waals surface area contributed by atoms with Gasteiger partial charge in [-0.3, -0.25) is 11.3 Å². The molecule has 2 aromatic carbocycles. The third kappa shape index (κ3) is 2.35. The molecule has 0 heterocycles. The van der Waals surface area contributed by atoms with Gasteiger partial charge in [-0.25, -0.2) is 4.39 Å². The van der Waals surface area contributed by atoms with Crippen LogP contribution in [0.5, 0.6) is 0 Å². The molecule has 0 fully saturated rings. The predicted molar refractivity (Wildman–Crippen MR) is 78.8 cm³/mol. The van der Waals surface area contributed by atoms with Gasteiger partial charge in [0.1, 0.15) is 5.82 Å². The van der Waals surface area contributed by atoms with Crippen LogP contribution in [0.1, 0.15) is 28.2 Å². The van der Waals surface area contributed by atoms with Gasteiger partial charge in [-0.1, -0.05) is 30.3 Å². The zero-order valence-electron chi connectivity index (χ0n) is 11.6. The fourth-order valence-electron chi connectivity index (χ4n) is 3.07. The molecule has 2 aromatic rings. The van der Waals surface area contributed by atoms with Crippen LogP contribution in [-0.4, -0.2) is 6.04 Å². The molecule has 3 N–H and O–H groups in total. The zero-order chi connectivity index (χ0) is 14.1.